The molecule has 1 heterocycles. The molecule has 6 fully saturated rings. The molecule has 0 aromatic carbocycles. The lowest BCUT2D eigenvalue weighted by Gasteiger charge is -2.57. The Balaban J connectivity index is 1.10. The van der Waals surface area contributed by atoms with Crippen LogP contribution in [0.25, 0.3) is 0 Å². The van der Waals surface area contributed by atoms with E-state index in [9.17, 15) is 9.59 Å². The van der Waals surface area contributed by atoms with Gasteiger partial charge >= 0.3 is 0 Å². The fourth-order valence-corrected chi connectivity index (χ4v) is 7.56. The van der Waals surface area contributed by atoms with Gasteiger partial charge in [0.05, 0.1) is 12.6 Å². The second-order valence-electron chi connectivity index (χ2n) is 10.6. The maximum atomic E-state index is 13.1. The van der Waals surface area contributed by atoms with Crippen molar-refractivity contribution < 1.29 is 9.59 Å². The van der Waals surface area contributed by atoms with E-state index < -0.39 is 0 Å². The third kappa shape index (κ3) is 3.79. The highest BCUT2D eigenvalue weighted by Gasteiger charge is 2.52. The van der Waals surface area contributed by atoms with Gasteiger partial charge in [0.2, 0.25) is 11.8 Å². The van der Waals surface area contributed by atoms with Crippen LogP contribution in [0.3, 0.4) is 0 Å². The first-order chi connectivity index (χ1) is 14.0. The minimum absolute atomic E-state index is 0.0236. The summed E-state index contributed by atoms with van der Waals surface area (Å²) in [6, 6.07) is 2.20. The number of carbonyl (C=O) groups excluding carboxylic acids is 2. The average Bonchev–Trinajstić information content (AvgIpc) is 3.34. The van der Waals surface area contributed by atoms with Crippen molar-refractivity contribution in [1.29, 1.82) is 5.26 Å². The molecule has 6 heteroatoms. The molecule has 2 N–H and O–H groups in total. The summed E-state index contributed by atoms with van der Waals surface area (Å²) in [4.78, 5) is 27.2. The Bertz CT molecular complexity index is 679. The van der Waals surface area contributed by atoms with Gasteiger partial charge in [-0.25, -0.2) is 0 Å². The van der Waals surface area contributed by atoms with Crippen LogP contribution in [0.1, 0.15) is 70.6 Å². The van der Waals surface area contributed by atoms with Gasteiger partial charge in [0.15, 0.2) is 0 Å². The molecule has 6 aliphatic rings. The SMILES string of the molecule is N#C[C@@H]1CCCN1C(=O)CNC1CCC(C(=O)NC23CC4CC(CC(C4)C2)C3)C1. The Hall–Kier alpha value is -1.61. The summed E-state index contributed by atoms with van der Waals surface area (Å²) in [5.41, 5.74) is 0.0926. The minimum atomic E-state index is -0.258. The molecule has 0 radical (unpaired) electrons. The second kappa shape index (κ2) is 7.58. The van der Waals surface area contributed by atoms with Gasteiger partial charge in [0, 0.05) is 24.0 Å². The van der Waals surface area contributed by atoms with E-state index in [0.717, 1.165) is 49.9 Å². The molecule has 1 saturated heterocycles. The first-order valence-corrected chi connectivity index (χ1v) is 11.8. The molecule has 5 aliphatic carbocycles. The lowest BCUT2D eigenvalue weighted by Crippen LogP contribution is -2.60. The van der Waals surface area contributed by atoms with Crippen LogP contribution in [-0.2, 0) is 9.59 Å². The zero-order valence-electron chi connectivity index (χ0n) is 17.4. The largest absolute Gasteiger partial charge is 0.350 e. The normalized spacial score (nSPS) is 42.8. The topological polar surface area (TPSA) is 85.2 Å². The molecule has 0 aromatic heterocycles. The fraction of sp³-hybridized carbons (Fsp3) is 0.870. The molecule has 6 rings (SSSR count). The molecule has 1 aliphatic heterocycles. The van der Waals surface area contributed by atoms with Crippen LogP contribution in [0.15, 0.2) is 0 Å². The summed E-state index contributed by atoms with van der Waals surface area (Å²) >= 11 is 0. The summed E-state index contributed by atoms with van der Waals surface area (Å²) in [7, 11) is 0. The Kier molecular flexibility index (Phi) is 5.06. The number of hydrogen-bond acceptors (Lipinski definition) is 4. The van der Waals surface area contributed by atoms with Crippen LogP contribution in [-0.4, -0.2) is 47.4 Å². The maximum Gasteiger partial charge on any atom is 0.237 e. The van der Waals surface area contributed by atoms with Gasteiger partial charge in [-0.2, -0.15) is 5.26 Å². The summed E-state index contributed by atoms with van der Waals surface area (Å²) in [5, 5.41) is 16.1. The Morgan fingerprint density at radius 3 is 2.34 bits per heavy atom. The lowest BCUT2D eigenvalue weighted by atomic mass is 9.53. The molecule has 6 nitrogen and oxygen atoms in total. The number of amides is 2. The first kappa shape index (κ1) is 19.4. The van der Waals surface area contributed by atoms with Crippen molar-refractivity contribution in [3.63, 3.8) is 0 Å². The van der Waals surface area contributed by atoms with Crippen molar-refractivity contribution in [3.8, 4) is 6.07 Å². The highest BCUT2D eigenvalue weighted by molar-refractivity contribution is 5.80. The van der Waals surface area contributed by atoms with E-state index in [0.29, 0.717) is 6.54 Å². The van der Waals surface area contributed by atoms with Crippen LogP contribution in [0, 0.1) is 35.0 Å². The molecule has 0 aromatic rings. The van der Waals surface area contributed by atoms with Crippen molar-refractivity contribution in [2.45, 2.75) is 88.3 Å². The van der Waals surface area contributed by atoms with Crippen LogP contribution >= 0.6 is 0 Å². The van der Waals surface area contributed by atoms with Crippen molar-refractivity contribution in [1.82, 2.24) is 15.5 Å². The number of rotatable bonds is 5. The highest BCUT2D eigenvalue weighted by Crippen LogP contribution is 2.55. The Morgan fingerprint density at radius 2 is 1.69 bits per heavy atom. The number of nitrogens with zero attached hydrogens (tertiary/aromatic N) is 2. The number of carbonyl (C=O) groups is 2. The number of nitriles is 1. The average molecular weight is 399 g/mol. The zero-order valence-corrected chi connectivity index (χ0v) is 17.4. The summed E-state index contributed by atoms with van der Waals surface area (Å²) < 4.78 is 0. The van der Waals surface area contributed by atoms with E-state index in [4.69, 9.17) is 5.26 Å². The van der Waals surface area contributed by atoms with Crippen LogP contribution in [0.5, 0.6) is 0 Å². The molecule has 158 valence electrons. The van der Waals surface area contributed by atoms with E-state index in [1.54, 1.807) is 4.90 Å². The third-order valence-corrected chi connectivity index (χ3v) is 8.49. The molecule has 29 heavy (non-hydrogen) atoms. The van der Waals surface area contributed by atoms with Gasteiger partial charge in [-0.05, 0) is 88.4 Å². The summed E-state index contributed by atoms with van der Waals surface area (Å²) in [6.45, 7) is 0.978. The number of hydrogen-bond donors (Lipinski definition) is 2. The first-order valence-electron chi connectivity index (χ1n) is 11.8. The van der Waals surface area contributed by atoms with Crippen LogP contribution in [0.4, 0.5) is 0 Å². The second-order valence-corrected chi connectivity index (χ2v) is 10.6. The van der Waals surface area contributed by atoms with Gasteiger partial charge in [-0.3, -0.25) is 9.59 Å². The quantitative estimate of drug-likeness (QED) is 0.744. The van der Waals surface area contributed by atoms with Gasteiger partial charge in [0.25, 0.3) is 0 Å². The van der Waals surface area contributed by atoms with E-state index in [1.165, 1.54) is 38.5 Å². The van der Waals surface area contributed by atoms with Gasteiger partial charge in [0.1, 0.15) is 6.04 Å². The predicted octanol–water partition coefficient (Wildman–Crippen LogP) is 2.34. The van der Waals surface area contributed by atoms with Crippen molar-refractivity contribution >= 4 is 11.8 Å². The molecule has 3 atom stereocenters. The summed E-state index contributed by atoms with van der Waals surface area (Å²) in [6.07, 6.45) is 12.2. The lowest BCUT2D eigenvalue weighted by molar-refractivity contribution is -0.131. The van der Waals surface area contributed by atoms with Crippen molar-refractivity contribution in [2.24, 2.45) is 23.7 Å². The monoisotopic (exact) mass is 398 g/mol. The molecular weight excluding hydrogens is 364 g/mol. The van der Waals surface area contributed by atoms with Gasteiger partial charge < -0.3 is 15.5 Å². The minimum Gasteiger partial charge on any atom is -0.350 e. The molecule has 2 unspecified atom stereocenters. The molecule has 2 amide bonds. The zero-order chi connectivity index (χ0) is 20.0. The standard InChI is InChI=1S/C23H34N4O2/c24-13-20-2-1-5-27(20)21(28)14-25-19-4-3-18(9-19)22(29)26-23-10-15-6-16(11-23)8-17(7-15)12-23/h15-20,25H,1-12,14H2,(H,26,29)/t15?,16?,17?,18?,19?,20-,23?/m0/s1. The number of nitrogens with one attached hydrogen (secondary N) is 2. The smallest absolute Gasteiger partial charge is 0.237 e. The predicted molar refractivity (Wildman–Crippen MR) is 109 cm³/mol. The fourth-order valence-electron chi connectivity index (χ4n) is 7.56. The number of likely N-dealkylation sites (tertiary alicyclic amines) is 1. The van der Waals surface area contributed by atoms with Gasteiger partial charge in [-0.15, -0.1) is 0 Å². The van der Waals surface area contributed by atoms with E-state index in [1.807, 2.05) is 0 Å². The molecule has 4 bridgehead atoms. The maximum absolute atomic E-state index is 13.1. The molecule has 0 spiro atoms. The molecule has 5 saturated carbocycles. The third-order valence-electron chi connectivity index (χ3n) is 8.49. The Morgan fingerprint density at radius 1 is 1.00 bits per heavy atom. The van der Waals surface area contributed by atoms with E-state index >= 15 is 0 Å². The molecular formula is C23H34N4O2. The van der Waals surface area contributed by atoms with Gasteiger partial charge in [-0.1, -0.05) is 0 Å². The van der Waals surface area contributed by atoms with Crippen LogP contribution < -0.4 is 10.6 Å². The van der Waals surface area contributed by atoms with E-state index in [2.05, 4.69) is 16.7 Å². The van der Waals surface area contributed by atoms with Crippen molar-refractivity contribution in [3.05, 3.63) is 0 Å². The van der Waals surface area contributed by atoms with Crippen molar-refractivity contribution in [2.75, 3.05) is 13.1 Å². The highest BCUT2D eigenvalue weighted by atomic mass is 16.2. The summed E-state index contributed by atoms with van der Waals surface area (Å²) in [5.74, 6) is 2.88. The Labute approximate surface area is 173 Å². The van der Waals surface area contributed by atoms with E-state index in [-0.39, 0.29) is 41.9 Å². The van der Waals surface area contributed by atoms with Crippen LogP contribution in [0.2, 0.25) is 0 Å².